The van der Waals surface area contributed by atoms with Crippen molar-refractivity contribution in [2.75, 3.05) is 0 Å². The maximum absolute atomic E-state index is 14.4. The van der Waals surface area contributed by atoms with Crippen LogP contribution in [0.15, 0.2) is 84.9 Å². The molecule has 5 rings (SSSR count). The number of carboxylic acid groups (broad SMARTS) is 1. The summed E-state index contributed by atoms with van der Waals surface area (Å²) in [4.78, 5) is 28.0. The molecule has 5 heteroatoms. The molecule has 1 N–H and O–H groups in total. The van der Waals surface area contributed by atoms with E-state index in [2.05, 4.69) is 44.2 Å². The number of fused-ring (bicyclic) bond motifs is 3. The summed E-state index contributed by atoms with van der Waals surface area (Å²) in [5.41, 5.74) is 4.73. The van der Waals surface area contributed by atoms with Crippen LogP contribution < -0.4 is 0 Å². The lowest BCUT2D eigenvalue weighted by Gasteiger charge is -2.40. The molecule has 0 radical (unpaired) electrons. The van der Waals surface area contributed by atoms with E-state index in [0.717, 1.165) is 33.3 Å². The zero-order chi connectivity index (χ0) is 25.3. The third-order valence-electron chi connectivity index (χ3n) is 7.69. The van der Waals surface area contributed by atoms with E-state index >= 15 is 0 Å². The molecule has 184 valence electrons. The lowest BCUT2D eigenvalue weighted by molar-refractivity contribution is -0.145. The molecule has 0 fully saturated rings. The van der Waals surface area contributed by atoms with Crippen molar-refractivity contribution in [3.05, 3.63) is 107 Å². The Kier molecular flexibility index (Phi) is 6.40. The van der Waals surface area contributed by atoms with E-state index in [1.807, 2.05) is 64.1 Å². The molecule has 0 spiro atoms. The first kappa shape index (κ1) is 23.9. The standard InChI is InChI=1S/C31H32N2O3/c1-22(24-13-7-4-8-14-24)32(20-23-11-5-3-6-12-23)30(36)31(2)18-17-28-26(19-31)25-15-9-10-16-27(25)33(28)21-29(34)35/h3-16,22H,17-21H2,1-2H3,(H,34,35)/t22-,31?/m1/s1. The summed E-state index contributed by atoms with van der Waals surface area (Å²) in [7, 11) is 0. The third-order valence-corrected chi connectivity index (χ3v) is 7.69. The quantitative estimate of drug-likeness (QED) is 0.352. The molecule has 36 heavy (non-hydrogen) atoms. The van der Waals surface area contributed by atoms with E-state index in [1.165, 1.54) is 0 Å². The normalized spacial score (nSPS) is 17.9. The van der Waals surface area contributed by atoms with Crippen molar-refractivity contribution in [1.82, 2.24) is 9.47 Å². The highest BCUT2D eigenvalue weighted by Crippen LogP contribution is 2.43. The van der Waals surface area contributed by atoms with Crippen molar-refractivity contribution in [2.24, 2.45) is 5.41 Å². The van der Waals surface area contributed by atoms with Crippen molar-refractivity contribution in [1.29, 1.82) is 0 Å². The maximum atomic E-state index is 14.4. The van der Waals surface area contributed by atoms with Crippen LogP contribution in [0.1, 0.15) is 48.7 Å². The number of aliphatic carboxylic acids is 1. The van der Waals surface area contributed by atoms with Gasteiger partial charge in [0, 0.05) is 23.1 Å². The van der Waals surface area contributed by atoms with E-state index < -0.39 is 11.4 Å². The summed E-state index contributed by atoms with van der Waals surface area (Å²) >= 11 is 0. The molecular formula is C31H32N2O3. The van der Waals surface area contributed by atoms with Crippen LogP contribution in [-0.4, -0.2) is 26.5 Å². The van der Waals surface area contributed by atoms with Crippen LogP contribution in [0.4, 0.5) is 0 Å². The highest BCUT2D eigenvalue weighted by atomic mass is 16.4. The van der Waals surface area contributed by atoms with Gasteiger partial charge in [0.25, 0.3) is 0 Å². The molecule has 0 bridgehead atoms. The lowest BCUT2D eigenvalue weighted by atomic mass is 9.73. The van der Waals surface area contributed by atoms with Gasteiger partial charge in [0.15, 0.2) is 0 Å². The van der Waals surface area contributed by atoms with Gasteiger partial charge in [0.1, 0.15) is 6.54 Å². The number of rotatable bonds is 7. The van der Waals surface area contributed by atoms with Crippen LogP contribution in [0.25, 0.3) is 10.9 Å². The SMILES string of the molecule is C[C@H](c1ccccc1)N(Cc1ccccc1)C(=O)C1(C)CCc2c(c3ccccc3n2CC(=O)O)C1. The Labute approximate surface area is 212 Å². The second kappa shape index (κ2) is 9.65. The van der Waals surface area contributed by atoms with Crippen LogP contribution in [0, 0.1) is 5.41 Å². The molecule has 1 unspecified atom stereocenters. The van der Waals surface area contributed by atoms with Gasteiger partial charge in [0.2, 0.25) is 5.91 Å². The molecule has 3 aromatic carbocycles. The Balaban J connectivity index is 1.53. The highest BCUT2D eigenvalue weighted by Gasteiger charge is 2.42. The van der Waals surface area contributed by atoms with Crippen LogP contribution in [-0.2, 0) is 35.5 Å². The third kappa shape index (κ3) is 4.41. The number of amides is 1. The summed E-state index contributed by atoms with van der Waals surface area (Å²) in [6.45, 7) is 4.66. The average molecular weight is 481 g/mol. The fourth-order valence-corrected chi connectivity index (χ4v) is 5.71. The minimum atomic E-state index is -0.853. The number of hydrogen-bond donors (Lipinski definition) is 1. The summed E-state index contributed by atoms with van der Waals surface area (Å²) in [5.74, 6) is -0.711. The predicted molar refractivity (Wildman–Crippen MR) is 142 cm³/mol. The highest BCUT2D eigenvalue weighted by molar-refractivity contribution is 5.90. The number of carboxylic acids is 1. The van der Waals surface area contributed by atoms with Crippen LogP contribution in [0.2, 0.25) is 0 Å². The van der Waals surface area contributed by atoms with Gasteiger partial charge in [-0.15, -0.1) is 0 Å². The molecule has 1 heterocycles. The zero-order valence-electron chi connectivity index (χ0n) is 20.9. The van der Waals surface area contributed by atoms with Gasteiger partial charge >= 0.3 is 5.97 Å². The minimum absolute atomic E-state index is 0.0638. The fraction of sp³-hybridized carbons (Fsp3) is 0.290. The van der Waals surface area contributed by atoms with Gasteiger partial charge in [-0.2, -0.15) is 0 Å². The molecule has 4 aromatic rings. The Hall–Kier alpha value is -3.86. The maximum Gasteiger partial charge on any atom is 0.323 e. The van der Waals surface area contributed by atoms with Crippen LogP contribution >= 0.6 is 0 Å². The number of para-hydroxylation sites is 1. The van der Waals surface area contributed by atoms with E-state index in [4.69, 9.17) is 0 Å². The topological polar surface area (TPSA) is 62.5 Å². The summed E-state index contributed by atoms with van der Waals surface area (Å²) < 4.78 is 1.92. The first-order chi connectivity index (χ1) is 17.4. The molecule has 1 amide bonds. The fourth-order valence-electron chi connectivity index (χ4n) is 5.71. The number of nitrogens with zero attached hydrogens (tertiary/aromatic N) is 2. The molecule has 5 nitrogen and oxygen atoms in total. The Bertz CT molecular complexity index is 1390. The van der Waals surface area contributed by atoms with Gasteiger partial charge in [-0.1, -0.05) is 85.8 Å². The first-order valence-electron chi connectivity index (χ1n) is 12.6. The first-order valence-corrected chi connectivity index (χ1v) is 12.6. The van der Waals surface area contributed by atoms with E-state index in [9.17, 15) is 14.7 Å². The Morgan fingerprint density at radius 3 is 2.31 bits per heavy atom. The van der Waals surface area contributed by atoms with Gasteiger partial charge in [0.05, 0.1) is 11.5 Å². The lowest BCUT2D eigenvalue weighted by Crippen LogP contribution is -2.46. The molecule has 1 aliphatic carbocycles. The van der Waals surface area contributed by atoms with Crippen LogP contribution in [0.5, 0.6) is 0 Å². The van der Waals surface area contributed by atoms with Gasteiger partial charge in [-0.05, 0) is 48.9 Å². The summed E-state index contributed by atoms with van der Waals surface area (Å²) in [6, 6.07) is 28.2. The van der Waals surface area contributed by atoms with Crippen LogP contribution in [0.3, 0.4) is 0 Å². The van der Waals surface area contributed by atoms with Crippen molar-refractivity contribution < 1.29 is 14.7 Å². The van der Waals surface area contributed by atoms with Gasteiger partial charge in [-0.3, -0.25) is 9.59 Å². The second-order valence-corrected chi connectivity index (χ2v) is 10.2. The number of carbonyl (C=O) groups is 2. The molecule has 0 aliphatic heterocycles. The second-order valence-electron chi connectivity index (χ2n) is 10.2. The molecule has 0 saturated heterocycles. The zero-order valence-corrected chi connectivity index (χ0v) is 20.9. The largest absolute Gasteiger partial charge is 0.480 e. The predicted octanol–water partition coefficient (Wildman–Crippen LogP) is 6.01. The molecular weight excluding hydrogens is 448 g/mol. The van der Waals surface area contributed by atoms with E-state index in [0.29, 0.717) is 25.8 Å². The number of aromatic nitrogens is 1. The number of carbonyl (C=O) groups excluding carboxylic acids is 1. The van der Waals surface area contributed by atoms with E-state index in [1.54, 1.807) is 0 Å². The van der Waals surface area contributed by atoms with Crippen molar-refractivity contribution in [2.45, 2.75) is 52.2 Å². The molecule has 0 saturated carbocycles. The molecule has 1 aromatic heterocycles. The number of benzene rings is 3. The molecule has 1 aliphatic rings. The average Bonchev–Trinajstić information content (AvgIpc) is 3.19. The monoisotopic (exact) mass is 480 g/mol. The van der Waals surface area contributed by atoms with Crippen molar-refractivity contribution >= 4 is 22.8 Å². The molecule has 2 atom stereocenters. The van der Waals surface area contributed by atoms with Gasteiger partial charge in [-0.25, -0.2) is 0 Å². The smallest absolute Gasteiger partial charge is 0.323 e. The van der Waals surface area contributed by atoms with Crippen molar-refractivity contribution in [3.63, 3.8) is 0 Å². The number of hydrogen-bond acceptors (Lipinski definition) is 2. The Morgan fingerprint density at radius 2 is 1.61 bits per heavy atom. The van der Waals surface area contributed by atoms with E-state index in [-0.39, 0.29) is 18.5 Å². The minimum Gasteiger partial charge on any atom is -0.480 e. The van der Waals surface area contributed by atoms with Gasteiger partial charge < -0.3 is 14.6 Å². The Morgan fingerprint density at radius 1 is 0.972 bits per heavy atom. The summed E-state index contributed by atoms with van der Waals surface area (Å²) in [5, 5.41) is 10.6. The van der Waals surface area contributed by atoms with Crippen molar-refractivity contribution in [3.8, 4) is 0 Å². The summed E-state index contributed by atoms with van der Waals surface area (Å²) in [6.07, 6.45) is 1.96.